The molecular formula is C19H34N2O8. The average Bonchev–Trinajstić information content (AvgIpc) is 2.72. The van der Waals surface area contributed by atoms with Gasteiger partial charge in [-0.25, -0.2) is 0 Å². The third-order valence-electron chi connectivity index (χ3n) is 4.25. The highest BCUT2D eigenvalue weighted by molar-refractivity contribution is 5.72. The molecule has 1 aromatic carbocycles. The number of carboxylic acid groups (broad SMARTS) is 1. The Morgan fingerprint density at radius 3 is 1.93 bits per heavy atom. The van der Waals surface area contributed by atoms with Crippen molar-refractivity contribution in [2.45, 2.75) is 62.2 Å². The molecule has 0 heterocycles. The van der Waals surface area contributed by atoms with Crippen LogP contribution in [0.4, 0.5) is 0 Å². The number of carboxylic acids is 1. The van der Waals surface area contributed by atoms with Crippen molar-refractivity contribution >= 4 is 5.97 Å². The van der Waals surface area contributed by atoms with Gasteiger partial charge in [0.1, 0.15) is 30.5 Å². The number of aliphatic hydroxyl groups is 6. The van der Waals surface area contributed by atoms with Crippen LogP contribution in [0.5, 0.6) is 0 Å². The van der Waals surface area contributed by atoms with Crippen LogP contribution in [-0.4, -0.2) is 91.4 Å². The fourth-order valence-electron chi connectivity index (χ4n) is 2.37. The SMILES string of the molecule is NCCCC[C@H](N)C(=O)O.OC[C@H](O)[C@H](O)[C@@H](O)[C@@H](O)C(O)Cc1ccccc1. The maximum absolute atomic E-state index is 10.1. The summed E-state index contributed by atoms with van der Waals surface area (Å²) in [4.78, 5) is 10.1. The van der Waals surface area contributed by atoms with Gasteiger partial charge in [0.05, 0.1) is 12.7 Å². The molecule has 1 aromatic rings. The number of nitrogens with two attached hydrogens (primary N) is 2. The molecule has 0 saturated carbocycles. The van der Waals surface area contributed by atoms with Crippen molar-refractivity contribution in [2.24, 2.45) is 11.5 Å². The van der Waals surface area contributed by atoms with Gasteiger partial charge in [-0.2, -0.15) is 0 Å². The molecule has 1 unspecified atom stereocenters. The van der Waals surface area contributed by atoms with E-state index in [2.05, 4.69) is 0 Å². The Labute approximate surface area is 170 Å². The second-order valence-electron chi connectivity index (χ2n) is 6.71. The minimum absolute atomic E-state index is 0.0982. The maximum Gasteiger partial charge on any atom is 0.320 e. The van der Waals surface area contributed by atoms with Crippen LogP contribution < -0.4 is 11.5 Å². The summed E-state index contributed by atoms with van der Waals surface area (Å²) in [5, 5.41) is 64.7. The summed E-state index contributed by atoms with van der Waals surface area (Å²) in [6, 6.07) is 8.14. The molecule has 29 heavy (non-hydrogen) atoms. The molecule has 0 bridgehead atoms. The van der Waals surface area contributed by atoms with Crippen LogP contribution in [0.25, 0.3) is 0 Å². The fourth-order valence-corrected chi connectivity index (χ4v) is 2.37. The van der Waals surface area contributed by atoms with E-state index in [9.17, 15) is 25.2 Å². The Kier molecular flexibility index (Phi) is 14.4. The van der Waals surface area contributed by atoms with Crippen LogP contribution >= 0.6 is 0 Å². The largest absolute Gasteiger partial charge is 0.480 e. The van der Waals surface area contributed by atoms with Crippen LogP contribution in [0.1, 0.15) is 24.8 Å². The minimum Gasteiger partial charge on any atom is -0.480 e. The van der Waals surface area contributed by atoms with Crippen LogP contribution in [0, 0.1) is 0 Å². The zero-order valence-corrected chi connectivity index (χ0v) is 16.3. The van der Waals surface area contributed by atoms with Crippen molar-refractivity contribution in [2.75, 3.05) is 13.2 Å². The van der Waals surface area contributed by atoms with Crippen molar-refractivity contribution in [1.82, 2.24) is 0 Å². The van der Waals surface area contributed by atoms with E-state index in [1.54, 1.807) is 24.3 Å². The molecule has 0 saturated heterocycles. The van der Waals surface area contributed by atoms with Crippen molar-refractivity contribution in [3.05, 3.63) is 35.9 Å². The van der Waals surface area contributed by atoms with Crippen LogP contribution in [0.2, 0.25) is 0 Å². The lowest BCUT2D eigenvalue weighted by atomic mass is 9.95. The first-order chi connectivity index (χ1) is 13.6. The fraction of sp³-hybridized carbons (Fsp3) is 0.632. The van der Waals surface area contributed by atoms with E-state index >= 15 is 0 Å². The van der Waals surface area contributed by atoms with Gasteiger partial charge in [-0.1, -0.05) is 36.8 Å². The van der Waals surface area contributed by atoms with Crippen molar-refractivity contribution in [1.29, 1.82) is 0 Å². The standard InChI is InChI=1S/C13H20O6.C6H14N2O2/c14-7-10(16)12(18)13(19)11(17)9(15)6-8-4-2-1-3-5-8;7-4-2-1-3-5(8)6(9)10/h1-5,9-19H,6-7H2;5H,1-4,7-8H2,(H,9,10)/t9?,10-,11-,12-,13-;5-/m00/s1. The minimum atomic E-state index is -1.75. The summed E-state index contributed by atoms with van der Waals surface area (Å²) in [6.07, 6.45) is -5.72. The van der Waals surface area contributed by atoms with Gasteiger partial charge in [0.2, 0.25) is 0 Å². The van der Waals surface area contributed by atoms with Crippen LogP contribution in [0.15, 0.2) is 30.3 Å². The molecule has 0 aliphatic carbocycles. The van der Waals surface area contributed by atoms with Gasteiger partial charge in [-0.3, -0.25) is 4.79 Å². The zero-order chi connectivity index (χ0) is 22.4. The lowest BCUT2D eigenvalue weighted by Crippen LogP contribution is -2.50. The van der Waals surface area contributed by atoms with E-state index in [0.717, 1.165) is 18.4 Å². The number of rotatable bonds is 12. The molecule has 0 fully saturated rings. The molecule has 0 radical (unpaired) electrons. The van der Waals surface area contributed by atoms with E-state index in [-0.39, 0.29) is 6.42 Å². The quantitative estimate of drug-likeness (QED) is 0.164. The monoisotopic (exact) mass is 418 g/mol. The predicted octanol–water partition coefficient (Wildman–Crippen LogP) is -2.45. The number of carbonyl (C=O) groups is 1. The third-order valence-corrected chi connectivity index (χ3v) is 4.25. The number of hydrogen-bond donors (Lipinski definition) is 9. The van der Waals surface area contributed by atoms with E-state index in [4.69, 9.17) is 26.8 Å². The third kappa shape index (κ3) is 11.2. The lowest BCUT2D eigenvalue weighted by Gasteiger charge is -2.28. The first-order valence-electron chi connectivity index (χ1n) is 9.39. The molecule has 0 aromatic heterocycles. The Hall–Kier alpha value is -1.63. The molecule has 0 aliphatic heterocycles. The van der Waals surface area contributed by atoms with Gasteiger partial charge in [-0.15, -0.1) is 0 Å². The summed E-state index contributed by atoms with van der Waals surface area (Å²) in [7, 11) is 0. The molecule has 10 nitrogen and oxygen atoms in total. The predicted molar refractivity (Wildman–Crippen MR) is 106 cm³/mol. The first-order valence-corrected chi connectivity index (χ1v) is 9.39. The van der Waals surface area contributed by atoms with Gasteiger partial charge < -0.3 is 47.2 Å². The molecule has 11 N–H and O–H groups in total. The molecule has 10 heteroatoms. The van der Waals surface area contributed by atoms with Crippen LogP contribution in [-0.2, 0) is 11.2 Å². The summed E-state index contributed by atoms with van der Waals surface area (Å²) in [5.74, 6) is -0.933. The summed E-state index contributed by atoms with van der Waals surface area (Å²) < 4.78 is 0. The van der Waals surface area contributed by atoms with Crippen molar-refractivity contribution in [3.8, 4) is 0 Å². The Morgan fingerprint density at radius 2 is 1.45 bits per heavy atom. The molecular weight excluding hydrogens is 384 g/mol. The highest BCUT2D eigenvalue weighted by Crippen LogP contribution is 2.12. The summed E-state index contributed by atoms with van der Waals surface area (Å²) in [5.41, 5.74) is 11.2. The number of aliphatic carboxylic acids is 1. The van der Waals surface area contributed by atoms with Gasteiger partial charge >= 0.3 is 5.97 Å². The summed E-state index contributed by atoms with van der Waals surface area (Å²) >= 11 is 0. The van der Waals surface area contributed by atoms with Crippen molar-refractivity contribution < 1.29 is 40.5 Å². The van der Waals surface area contributed by atoms with Crippen molar-refractivity contribution in [3.63, 3.8) is 0 Å². The smallest absolute Gasteiger partial charge is 0.320 e. The highest BCUT2D eigenvalue weighted by atomic mass is 16.4. The molecule has 168 valence electrons. The second kappa shape index (κ2) is 15.2. The number of unbranched alkanes of at least 4 members (excludes halogenated alkanes) is 1. The molecule has 6 atom stereocenters. The van der Waals surface area contributed by atoms with E-state index in [1.807, 2.05) is 6.07 Å². The number of hydrogen-bond acceptors (Lipinski definition) is 9. The Morgan fingerprint density at radius 1 is 0.897 bits per heavy atom. The Bertz CT molecular complexity index is 548. The normalized spacial score (nSPS) is 17.2. The van der Waals surface area contributed by atoms with Gasteiger partial charge in [0.25, 0.3) is 0 Å². The van der Waals surface area contributed by atoms with Gasteiger partial charge in [0.15, 0.2) is 0 Å². The molecule has 0 amide bonds. The molecule has 0 aliphatic rings. The first kappa shape index (κ1) is 27.4. The van der Waals surface area contributed by atoms with E-state index in [1.165, 1.54) is 0 Å². The topological polar surface area (TPSA) is 211 Å². The average molecular weight is 418 g/mol. The lowest BCUT2D eigenvalue weighted by molar-refractivity contribution is -0.139. The van der Waals surface area contributed by atoms with E-state index < -0.39 is 49.1 Å². The van der Waals surface area contributed by atoms with Crippen LogP contribution in [0.3, 0.4) is 0 Å². The highest BCUT2D eigenvalue weighted by Gasteiger charge is 2.33. The number of benzene rings is 1. The van der Waals surface area contributed by atoms with Gasteiger partial charge in [-0.05, 0) is 24.9 Å². The molecule has 1 rings (SSSR count). The summed E-state index contributed by atoms with van der Waals surface area (Å²) in [6.45, 7) is -0.147. The maximum atomic E-state index is 10.1. The zero-order valence-electron chi connectivity index (χ0n) is 16.3. The molecule has 0 spiro atoms. The Balaban J connectivity index is 0.000000665. The second-order valence-corrected chi connectivity index (χ2v) is 6.71. The number of aliphatic hydroxyl groups excluding tert-OH is 6. The van der Waals surface area contributed by atoms with E-state index in [0.29, 0.717) is 13.0 Å². The van der Waals surface area contributed by atoms with Gasteiger partial charge in [0, 0.05) is 6.42 Å².